The van der Waals surface area contributed by atoms with Crippen molar-refractivity contribution in [3.05, 3.63) is 51.9 Å². The molecule has 1 N–H and O–H groups in total. The van der Waals surface area contributed by atoms with Crippen LogP contribution in [-0.4, -0.2) is 28.2 Å². The third-order valence-electron chi connectivity index (χ3n) is 3.29. The molecule has 0 aliphatic rings. The lowest BCUT2D eigenvalue weighted by molar-refractivity contribution is 0.0681. The SMILES string of the molecule is CCCc1nc(C(=O)O)nc(OC)c1C(Cl)c1ccccc1Cl. The van der Waals surface area contributed by atoms with Gasteiger partial charge in [0.2, 0.25) is 11.7 Å². The number of carbonyl (C=O) groups is 1. The van der Waals surface area contributed by atoms with Crippen molar-refractivity contribution in [3.63, 3.8) is 0 Å². The first-order valence-electron chi connectivity index (χ1n) is 7.06. The van der Waals surface area contributed by atoms with Crippen LogP contribution in [0.15, 0.2) is 24.3 Å². The van der Waals surface area contributed by atoms with E-state index in [9.17, 15) is 4.79 Å². The summed E-state index contributed by atoms with van der Waals surface area (Å²) in [6.45, 7) is 1.97. The molecule has 1 heterocycles. The van der Waals surface area contributed by atoms with Crippen LogP contribution in [-0.2, 0) is 6.42 Å². The number of aromatic carboxylic acids is 1. The van der Waals surface area contributed by atoms with Crippen molar-refractivity contribution in [2.24, 2.45) is 0 Å². The zero-order valence-electron chi connectivity index (χ0n) is 12.7. The number of aryl methyl sites for hydroxylation is 1. The molecule has 23 heavy (non-hydrogen) atoms. The van der Waals surface area contributed by atoms with Crippen molar-refractivity contribution >= 4 is 29.2 Å². The fourth-order valence-corrected chi connectivity index (χ4v) is 2.97. The van der Waals surface area contributed by atoms with E-state index in [1.807, 2.05) is 19.1 Å². The third kappa shape index (κ3) is 3.74. The first-order chi connectivity index (χ1) is 11.0. The Hall–Kier alpha value is -1.85. The normalized spacial score (nSPS) is 12.0. The number of halogens is 2. The lowest BCUT2D eigenvalue weighted by Crippen LogP contribution is -2.13. The van der Waals surface area contributed by atoms with Gasteiger partial charge in [-0.3, -0.25) is 0 Å². The zero-order chi connectivity index (χ0) is 17.0. The monoisotopic (exact) mass is 354 g/mol. The number of alkyl halides is 1. The van der Waals surface area contributed by atoms with E-state index in [0.29, 0.717) is 28.3 Å². The van der Waals surface area contributed by atoms with Crippen molar-refractivity contribution in [2.75, 3.05) is 7.11 Å². The summed E-state index contributed by atoms with van der Waals surface area (Å²) in [7, 11) is 1.42. The van der Waals surface area contributed by atoms with Gasteiger partial charge in [-0.2, -0.15) is 4.98 Å². The largest absolute Gasteiger partial charge is 0.481 e. The Morgan fingerprint density at radius 3 is 2.61 bits per heavy atom. The highest BCUT2D eigenvalue weighted by Crippen LogP contribution is 2.39. The predicted octanol–water partition coefficient (Wildman–Crippen LogP) is 4.12. The summed E-state index contributed by atoms with van der Waals surface area (Å²) in [6.07, 6.45) is 1.33. The van der Waals surface area contributed by atoms with Crippen molar-refractivity contribution in [3.8, 4) is 5.88 Å². The highest BCUT2D eigenvalue weighted by molar-refractivity contribution is 6.33. The molecule has 0 amide bonds. The minimum Gasteiger partial charge on any atom is -0.481 e. The molecular weight excluding hydrogens is 339 g/mol. The van der Waals surface area contributed by atoms with Gasteiger partial charge in [-0.1, -0.05) is 43.1 Å². The van der Waals surface area contributed by atoms with Crippen LogP contribution in [0.4, 0.5) is 0 Å². The van der Waals surface area contributed by atoms with Crippen molar-refractivity contribution in [1.29, 1.82) is 0 Å². The summed E-state index contributed by atoms with van der Waals surface area (Å²) in [5, 5.41) is 9.03. The smallest absolute Gasteiger partial charge is 0.374 e. The highest BCUT2D eigenvalue weighted by atomic mass is 35.5. The molecule has 5 nitrogen and oxygen atoms in total. The number of benzene rings is 1. The Bertz CT molecular complexity index is 722. The average molecular weight is 355 g/mol. The van der Waals surface area contributed by atoms with Gasteiger partial charge in [0.05, 0.1) is 23.7 Å². The second-order valence-electron chi connectivity index (χ2n) is 4.86. The van der Waals surface area contributed by atoms with E-state index in [1.54, 1.807) is 12.1 Å². The number of aromatic nitrogens is 2. The maximum atomic E-state index is 11.2. The molecule has 0 aliphatic heterocycles. The van der Waals surface area contributed by atoms with Crippen LogP contribution in [0.1, 0.15) is 46.2 Å². The maximum Gasteiger partial charge on any atom is 0.374 e. The Labute approximate surface area is 144 Å². The summed E-state index contributed by atoms with van der Waals surface area (Å²) >= 11 is 12.8. The molecule has 122 valence electrons. The van der Waals surface area contributed by atoms with Crippen LogP contribution in [0, 0.1) is 0 Å². The number of carboxylic acids is 1. The molecule has 0 saturated heterocycles. The molecule has 1 atom stereocenters. The van der Waals surface area contributed by atoms with E-state index in [-0.39, 0.29) is 11.7 Å². The average Bonchev–Trinajstić information content (AvgIpc) is 2.54. The van der Waals surface area contributed by atoms with Crippen molar-refractivity contribution in [1.82, 2.24) is 9.97 Å². The van der Waals surface area contributed by atoms with Crippen LogP contribution < -0.4 is 4.74 Å². The summed E-state index contributed by atoms with van der Waals surface area (Å²) in [5.41, 5.74) is 1.80. The van der Waals surface area contributed by atoms with E-state index >= 15 is 0 Å². The number of carboxylic acid groups (broad SMARTS) is 1. The molecule has 0 radical (unpaired) electrons. The third-order valence-corrected chi connectivity index (χ3v) is 4.09. The molecule has 1 unspecified atom stereocenters. The molecule has 2 rings (SSSR count). The number of hydrogen-bond donors (Lipinski definition) is 1. The number of ether oxygens (including phenoxy) is 1. The zero-order valence-corrected chi connectivity index (χ0v) is 14.2. The summed E-state index contributed by atoms with van der Waals surface area (Å²) in [6, 6.07) is 7.18. The van der Waals surface area contributed by atoms with Crippen molar-refractivity contribution < 1.29 is 14.6 Å². The first-order valence-corrected chi connectivity index (χ1v) is 7.87. The van der Waals surface area contributed by atoms with E-state index in [2.05, 4.69) is 9.97 Å². The van der Waals surface area contributed by atoms with E-state index in [1.165, 1.54) is 7.11 Å². The molecular formula is C16H16Cl2N2O3. The number of hydrogen-bond acceptors (Lipinski definition) is 4. The molecule has 7 heteroatoms. The van der Waals surface area contributed by atoms with E-state index in [0.717, 1.165) is 6.42 Å². The molecule has 0 saturated carbocycles. The maximum absolute atomic E-state index is 11.2. The lowest BCUT2D eigenvalue weighted by Gasteiger charge is -2.18. The van der Waals surface area contributed by atoms with Gasteiger partial charge in [0.25, 0.3) is 0 Å². The standard InChI is InChI=1S/C16H16Cl2N2O3/c1-3-6-11-12(13(18)9-7-4-5-8-10(9)17)15(23-2)20-14(19-11)16(21)22/h4-5,7-8,13H,3,6H2,1-2H3,(H,21,22). The quantitative estimate of drug-likeness (QED) is 0.790. The summed E-state index contributed by atoms with van der Waals surface area (Å²) in [4.78, 5) is 19.3. The van der Waals surface area contributed by atoms with Crippen LogP contribution in [0.2, 0.25) is 5.02 Å². The summed E-state index contributed by atoms with van der Waals surface area (Å²) in [5.74, 6) is -1.37. The second kappa shape index (κ2) is 7.62. The second-order valence-corrected chi connectivity index (χ2v) is 5.70. The molecule has 0 aliphatic carbocycles. The van der Waals surface area contributed by atoms with Crippen LogP contribution in [0.3, 0.4) is 0 Å². The van der Waals surface area contributed by atoms with Crippen LogP contribution in [0.25, 0.3) is 0 Å². The minimum atomic E-state index is -1.21. The van der Waals surface area contributed by atoms with Gasteiger partial charge < -0.3 is 9.84 Å². The Balaban J connectivity index is 2.63. The topological polar surface area (TPSA) is 72.3 Å². The molecule has 1 aromatic carbocycles. The number of methoxy groups -OCH3 is 1. The van der Waals surface area contributed by atoms with Gasteiger partial charge in [-0.05, 0) is 18.1 Å². The van der Waals surface area contributed by atoms with Gasteiger partial charge in [-0.15, -0.1) is 11.6 Å². The van der Waals surface area contributed by atoms with Gasteiger partial charge >= 0.3 is 5.97 Å². The highest BCUT2D eigenvalue weighted by Gasteiger charge is 2.26. The van der Waals surface area contributed by atoms with E-state index in [4.69, 9.17) is 33.0 Å². The van der Waals surface area contributed by atoms with E-state index < -0.39 is 11.3 Å². The Kier molecular flexibility index (Phi) is 5.80. The number of nitrogens with zero attached hydrogens (tertiary/aromatic N) is 2. The first kappa shape index (κ1) is 17.5. The Morgan fingerprint density at radius 2 is 2.04 bits per heavy atom. The van der Waals surface area contributed by atoms with Gasteiger partial charge in [0.15, 0.2) is 0 Å². The molecule has 0 spiro atoms. The molecule has 2 aromatic rings. The molecule has 0 bridgehead atoms. The Morgan fingerprint density at radius 1 is 1.35 bits per heavy atom. The minimum absolute atomic E-state index is 0.153. The predicted molar refractivity (Wildman–Crippen MR) is 88.7 cm³/mol. The summed E-state index contributed by atoms with van der Waals surface area (Å²) < 4.78 is 5.26. The lowest BCUT2D eigenvalue weighted by atomic mass is 10.0. The van der Waals surface area contributed by atoms with Gasteiger partial charge in [0.1, 0.15) is 0 Å². The number of rotatable bonds is 6. The van der Waals surface area contributed by atoms with Gasteiger partial charge in [-0.25, -0.2) is 9.78 Å². The van der Waals surface area contributed by atoms with Gasteiger partial charge in [0, 0.05) is 5.02 Å². The fourth-order valence-electron chi connectivity index (χ4n) is 2.26. The molecule has 1 aromatic heterocycles. The van der Waals surface area contributed by atoms with Crippen LogP contribution >= 0.6 is 23.2 Å². The molecule has 0 fully saturated rings. The fraction of sp³-hybridized carbons (Fsp3) is 0.312. The van der Waals surface area contributed by atoms with Crippen molar-refractivity contribution in [2.45, 2.75) is 25.1 Å². The van der Waals surface area contributed by atoms with Crippen LogP contribution in [0.5, 0.6) is 5.88 Å².